The first-order valence-electron chi connectivity index (χ1n) is 7.18. The lowest BCUT2D eigenvalue weighted by atomic mass is 10.1. The summed E-state index contributed by atoms with van der Waals surface area (Å²) in [5.41, 5.74) is -0.967. The fraction of sp³-hybridized carbons (Fsp3) is 0.125. The van der Waals surface area contributed by atoms with Crippen molar-refractivity contribution in [3.8, 4) is 0 Å². The van der Waals surface area contributed by atoms with Crippen molar-refractivity contribution in [3.05, 3.63) is 69.8 Å². The van der Waals surface area contributed by atoms with Crippen LogP contribution >= 0.6 is 0 Å². The first-order chi connectivity index (χ1) is 12.2. The number of rotatable bonds is 5. The largest absolute Gasteiger partial charge is 0.405 e. The minimum atomic E-state index is -4.58. The van der Waals surface area contributed by atoms with Crippen molar-refractivity contribution in [1.29, 1.82) is 0 Å². The van der Waals surface area contributed by atoms with Crippen molar-refractivity contribution < 1.29 is 27.7 Å². The molecule has 0 aliphatic rings. The van der Waals surface area contributed by atoms with E-state index < -0.39 is 35.1 Å². The number of nitrogens with zero attached hydrogens (tertiary/aromatic N) is 1. The van der Waals surface area contributed by atoms with Gasteiger partial charge in [-0.15, -0.1) is 0 Å². The molecule has 2 aromatic carbocycles. The molecule has 2 amide bonds. The van der Waals surface area contributed by atoms with Crippen LogP contribution in [0.3, 0.4) is 0 Å². The maximum Gasteiger partial charge on any atom is 0.405 e. The standard InChI is InChI=1S/C16H12F3N3O4/c17-16(18,19)9-20-14(23)10-5-1-3-7-12(10)21-15(24)11-6-2-4-8-13(11)22(25)26/h1-8H,9H2,(H,20,23)(H,21,24). The van der Waals surface area contributed by atoms with E-state index in [0.29, 0.717) is 0 Å². The molecule has 10 heteroatoms. The molecule has 2 N–H and O–H groups in total. The van der Waals surface area contributed by atoms with Crippen LogP contribution in [0, 0.1) is 10.1 Å². The van der Waals surface area contributed by atoms with E-state index in [9.17, 15) is 32.9 Å². The number of anilines is 1. The zero-order valence-electron chi connectivity index (χ0n) is 13.0. The highest BCUT2D eigenvalue weighted by Gasteiger charge is 2.28. The first kappa shape index (κ1) is 18.9. The van der Waals surface area contributed by atoms with Gasteiger partial charge in [-0.1, -0.05) is 24.3 Å². The number of nitrogens with one attached hydrogen (secondary N) is 2. The van der Waals surface area contributed by atoms with Gasteiger partial charge in [-0.3, -0.25) is 19.7 Å². The van der Waals surface area contributed by atoms with Gasteiger partial charge in [0.25, 0.3) is 17.5 Å². The molecule has 136 valence electrons. The highest BCUT2D eigenvalue weighted by molar-refractivity contribution is 6.10. The Labute approximate surface area is 145 Å². The van der Waals surface area contributed by atoms with Gasteiger partial charge in [0.1, 0.15) is 12.1 Å². The van der Waals surface area contributed by atoms with E-state index in [-0.39, 0.29) is 16.8 Å². The Bertz CT molecular complexity index is 853. The molecule has 0 aromatic heterocycles. The molecule has 0 atom stereocenters. The summed E-state index contributed by atoms with van der Waals surface area (Å²) in [6, 6.07) is 10.5. The molecule has 0 aliphatic carbocycles. The highest BCUT2D eigenvalue weighted by atomic mass is 19.4. The normalized spacial score (nSPS) is 10.9. The average molecular weight is 367 g/mol. The second kappa shape index (κ2) is 7.64. The number of hydrogen-bond acceptors (Lipinski definition) is 4. The van der Waals surface area contributed by atoms with Crippen molar-refractivity contribution in [2.45, 2.75) is 6.18 Å². The Balaban J connectivity index is 2.24. The van der Waals surface area contributed by atoms with Crippen molar-refractivity contribution in [1.82, 2.24) is 5.32 Å². The Kier molecular flexibility index (Phi) is 5.55. The van der Waals surface area contributed by atoms with Crippen molar-refractivity contribution in [2.75, 3.05) is 11.9 Å². The Morgan fingerprint density at radius 2 is 1.54 bits per heavy atom. The van der Waals surface area contributed by atoms with E-state index >= 15 is 0 Å². The Hall–Kier alpha value is -3.43. The smallest absolute Gasteiger partial charge is 0.343 e. The van der Waals surface area contributed by atoms with E-state index in [1.807, 2.05) is 0 Å². The van der Waals surface area contributed by atoms with Crippen molar-refractivity contribution >= 4 is 23.2 Å². The van der Waals surface area contributed by atoms with Crippen LogP contribution in [0.1, 0.15) is 20.7 Å². The molecule has 26 heavy (non-hydrogen) atoms. The zero-order valence-corrected chi connectivity index (χ0v) is 13.0. The summed E-state index contributed by atoms with van der Waals surface area (Å²) in [6.07, 6.45) is -4.58. The van der Waals surface area contributed by atoms with Gasteiger partial charge in [-0.2, -0.15) is 13.2 Å². The van der Waals surface area contributed by atoms with E-state index in [2.05, 4.69) is 5.32 Å². The molecule has 0 saturated heterocycles. The minimum Gasteiger partial charge on any atom is -0.343 e. The zero-order chi connectivity index (χ0) is 19.3. The molecule has 0 aliphatic heterocycles. The number of halogens is 3. The summed E-state index contributed by atoms with van der Waals surface area (Å²) in [5.74, 6) is -1.91. The monoisotopic (exact) mass is 367 g/mol. The van der Waals surface area contributed by atoms with Crippen molar-refractivity contribution in [3.63, 3.8) is 0 Å². The molecule has 2 rings (SSSR count). The lowest BCUT2D eigenvalue weighted by Gasteiger charge is -2.12. The first-order valence-corrected chi connectivity index (χ1v) is 7.18. The summed E-state index contributed by atoms with van der Waals surface area (Å²) in [7, 11) is 0. The number of carbonyl (C=O) groups is 2. The predicted molar refractivity (Wildman–Crippen MR) is 85.9 cm³/mol. The van der Waals surface area contributed by atoms with E-state index in [1.54, 1.807) is 5.32 Å². The van der Waals surface area contributed by atoms with E-state index in [4.69, 9.17) is 0 Å². The summed E-state index contributed by atoms with van der Waals surface area (Å²) < 4.78 is 36.7. The van der Waals surface area contributed by atoms with Gasteiger partial charge < -0.3 is 10.6 Å². The van der Waals surface area contributed by atoms with Crippen LogP contribution in [0.2, 0.25) is 0 Å². The molecule has 0 fully saturated rings. The Morgan fingerprint density at radius 3 is 2.15 bits per heavy atom. The number of alkyl halides is 3. The second-order valence-electron chi connectivity index (χ2n) is 5.07. The van der Waals surface area contributed by atoms with Crippen LogP contribution in [0.25, 0.3) is 0 Å². The molecule has 0 saturated carbocycles. The maximum atomic E-state index is 12.3. The number of hydrogen-bond donors (Lipinski definition) is 2. The highest BCUT2D eigenvalue weighted by Crippen LogP contribution is 2.21. The Morgan fingerprint density at radius 1 is 0.962 bits per heavy atom. The van der Waals surface area contributed by atoms with Gasteiger partial charge in [0.15, 0.2) is 0 Å². The summed E-state index contributed by atoms with van der Waals surface area (Å²) >= 11 is 0. The van der Waals surface area contributed by atoms with Crippen LogP contribution < -0.4 is 10.6 Å². The SMILES string of the molecule is O=C(NCC(F)(F)F)c1ccccc1NC(=O)c1ccccc1[N+](=O)[O-]. The number of benzene rings is 2. The third kappa shape index (κ3) is 4.79. The molecular formula is C16H12F3N3O4. The summed E-state index contributed by atoms with van der Waals surface area (Å²) in [6.45, 7) is -1.53. The van der Waals surface area contributed by atoms with Gasteiger partial charge in [0.2, 0.25) is 0 Å². The maximum absolute atomic E-state index is 12.3. The van der Waals surface area contributed by atoms with Crippen molar-refractivity contribution in [2.24, 2.45) is 0 Å². The van der Waals surface area contributed by atoms with Crippen LogP contribution in [-0.2, 0) is 0 Å². The molecule has 7 nitrogen and oxygen atoms in total. The van der Waals surface area contributed by atoms with E-state index in [0.717, 1.165) is 6.07 Å². The van der Waals surface area contributed by atoms with Gasteiger partial charge in [-0.05, 0) is 18.2 Å². The fourth-order valence-corrected chi connectivity index (χ4v) is 2.08. The minimum absolute atomic E-state index is 0.0738. The molecule has 2 aromatic rings. The molecule has 0 spiro atoms. The number of amides is 2. The average Bonchev–Trinajstić information content (AvgIpc) is 2.59. The summed E-state index contributed by atoms with van der Waals surface area (Å²) in [5, 5.41) is 15.0. The predicted octanol–water partition coefficient (Wildman–Crippen LogP) is 3.14. The van der Waals surface area contributed by atoms with Crippen LogP contribution in [0.15, 0.2) is 48.5 Å². The number of nitro benzene ring substituents is 1. The molecule has 0 radical (unpaired) electrons. The van der Waals surface area contributed by atoms with Crippen LogP contribution in [-0.4, -0.2) is 29.5 Å². The lowest BCUT2D eigenvalue weighted by molar-refractivity contribution is -0.385. The number of para-hydroxylation sites is 2. The summed E-state index contributed by atoms with van der Waals surface area (Å²) in [4.78, 5) is 34.5. The van der Waals surface area contributed by atoms with Gasteiger partial charge >= 0.3 is 6.18 Å². The molecule has 0 bridgehead atoms. The van der Waals surface area contributed by atoms with Gasteiger partial charge in [-0.25, -0.2) is 0 Å². The van der Waals surface area contributed by atoms with Gasteiger partial charge in [0.05, 0.1) is 16.2 Å². The molecule has 0 unspecified atom stereocenters. The van der Waals surface area contributed by atoms with Crippen LogP contribution in [0.5, 0.6) is 0 Å². The second-order valence-corrected chi connectivity index (χ2v) is 5.07. The van der Waals surface area contributed by atoms with Gasteiger partial charge in [0, 0.05) is 6.07 Å². The quantitative estimate of drug-likeness (QED) is 0.626. The number of nitro groups is 1. The molecule has 0 heterocycles. The van der Waals surface area contributed by atoms with E-state index in [1.165, 1.54) is 42.5 Å². The lowest BCUT2D eigenvalue weighted by Crippen LogP contribution is -2.34. The topological polar surface area (TPSA) is 101 Å². The third-order valence-corrected chi connectivity index (χ3v) is 3.21. The van der Waals surface area contributed by atoms with Crippen LogP contribution in [0.4, 0.5) is 24.5 Å². The number of carbonyl (C=O) groups excluding carboxylic acids is 2. The fourth-order valence-electron chi connectivity index (χ4n) is 2.08. The molecular weight excluding hydrogens is 355 g/mol. The third-order valence-electron chi connectivity index (χ3n) is 3.21.